The maximum atomic E-state index is 13.6. The summed E-state index contributed by atoms with van der Waals surface area (Å²) in [6, 6.07) is 10.8. The Labute approximate surface area is 159 Å². The van der Waals surface area contributed by atoms with Gasteiger partial charge in [0.15, 0.2) is 11.0 Å². The first kappa shape index (κ1) is 19.0. The van der Waals surface area contributed by atoms with Crippen molar-refractivity contribution in [2.75, 3.05) is 11.1 Å². The first-order valence-electron chi connectivity index (χ1n) is 8.36. The van der Waals surface area contributed by atoms with Gasteiger partial charge < -0.3 is 9.88 Å². The zero-order valence-corrected chi connectivity index (χ0v) is 15.7. The van der Waals surface area contributed by atoms with Crippen LogP contribution in [0.15, 0.2) is 47.6 Å². The van der Waals surface area contributed by atoms with E-state index >= 15 is 0 Å². The van der Waals surface area contributed by atoms with E-state index < -0.39 is 17.5 Å². The summed E-state index contributed by atoms with van der Waals surface area (Å²) in [6.07, 6.45) is 0. The van der Waals surface area contributed by atoms with Crippen LogP contribution in [0.1, 0.15) is 12.5 Å². The number of carbonyl (C=O) groups is 1. The molecule has 0 aliphatic heterocycles. The Hall–Kier alpha value is -2.74. The second-order valence-electron chi connectivity index (χ2n) is 5.83. The number of carbonyl (C=O) groups excluding carboxylic acids is 1. The molecular weight excluding hydrogens is 370 g/mol. The molecular formula is C19H18F2N4OS. The second-order valence-corrected chi connectivity index (χ2v) is 6.77. The molecule has 0 radical (unpaired) electrons. The molecule has 1 amide bonds. The molecule has 3 rings (SSSR count). The van der Waals surface area contributed by atoms with Crippen molar-refractivity contribution >= 4 is 23.4 Å². The minimum absolute atomic E-state index is 0.00184. The van der Waals surface area contributed by atoms with Gasteiger partial charge >= 0.3 is 0 Å². The number of benzene rings is 2. The number of aromatic nitrogens is 3. The molecule has 1 aromatic heterocycles. The molecule has 8 heteroatoms. The lowest BCUT2D eigenvalue weighted by atomic mass is 10.1. The summed E-state index contributed by atoms with van der Waals surface area (Å²) in [5.41, 5.74) is 1.87. The highest BCUT2D eigenvalue weighted by atomic mass is 32.2. The highest BCUT2D eigenvalue weighted by molar-refractivity contribution is 7.99. The Morgan fingerprint density at radius 3 is 2.70 bits per heavy atom. The van der Waals surface area contributed by atoms with Crippen LogP contribution in [0.3, 0.4) is 0 Å². The van der Waals surface area contributed by atoms with E-state index in [1.807, 2.05) is 42.7 Å². The molecule has 0 aliphatic rings. The average Bonchev–Trinajstić information content (AvgIpc) is 3.06. The molecule has 0 bridgehead atoms. The number of thioether (sulfide) groups is 1. The molecule has 0 saturated heterocycles. The van der Waals surface area contributed by atoms with Gasteiger partial charge in [-0.05, 0) is 31.5 Å². The van der Waals surface area contributed by atoms with E-state index in [0.29, 0.717) is 11.7 Å². The molecule has 5 nitrogen and oxygen atoms in total. The Balaban J connectivity index is 1.72. The van der Waals surface area contributed by atoms with Crippen molar-refractivity contribution in [2.24, 2.45) is 0 Å². The van der Waals surface area contributed by atoms with Crippen LogP contribution in [0, 0.1) is 18.6 Å². The summed E-state index contributed by atoms with van der Waals surface area (Å²) in [5, 5.41) is 11.4. The maximum absolute atomic E-state index is 13.6. The Morgan fingerprint density at radius 1 is 1.19 bits per heavy atom. The van der Waals surface area contributed by atoms with E-state index in [4.69, 9.17) is 0 Å². The maximum Gasteiger partial charge on any atom is 0.234 e. The molecule has 2 aromatic carbocycles. The van der Waals surface area contributed by atoms with Crippen molar-refractivity contribution in [3.63, 3.8) is 0 Å². The third-order valence-corrected chi connectivity index (χ3v) is 4.92. The molecule has 0 aliphatic carbocycles. The van der Waals surface area contributed by atoms with Gasteiger partial charge in [0.1, 0.15) is 11.6 Å². The highest BCUT2D eigenvalue weighted by Gasteiger charge is 2.16. The van der Waals surface area contributed by atoms with Gasteiger partial charge in [0.25, 0.3) is 0 Å². The Kier molecular flexibility index (Phi) is 5.85. The second kappa shape index (κ2) is 8.30. The molecule has 1 N–H and O–H groups in total. The number of nitrogens with zero attached hydrogens (tertiary/aromatic N) is 3. The van der Waals surface area contributed by atoms with E-state index in [9.17, 15) is 13.6 Å². The SMILES string of the molecule is CCn1c(SCC(=O)Nc2cc(F)ccc2F)nnc1-c1ccccc1C. The van der Waals surface area contributed by atoms with E-state index in [-0.39, 0.29) is 11.4 Å². The van der Waals surface area contributed by atoms with Gasteiger partial charge in [0.2, 0.25) is 5.91 Å². The zero-order valence-electron chi connectivity index (χ0n) is 14.9. The van der Waals surface area contributed by atoms with E-state index in [1.165, 1.54) is 11.8 Å². The summed E-state index contributed by atoms with van der Waals surface area (Å²) in [4.78, 5) is 12.1. The van der Waals surface area contributed by atoms with Crippen molar-refractivity contribution in [3.8, 4) is 11.4 Å². The predicted octanol–water partition coefficient (Wildman–Crippen LogP) is 4.28. The number of hydrogen-bond donors (Lipinski definition) is 1. The lowest BCUT2D eigenvalue weighted by Crippen LogP contribution is -2.15. The molecule has 0 unspecified atom stereocenters. The Morgan fingerprint density at radius 2 is 1.96 bits per heavy atom. The third kappa shape index (κ3) is 4.33. The summed E-state index contributed by atoms with van der Waals surface area (Å²) in [5.74, 6) is -1.02. The summed E-state index contributed by atoms with van der Waals surface area (Å²) in [7, 11) is 0. The first-order chi connectivity index (χ1) is 13.0. The predicted molar refractivity (Wildman–Crippen MR) is 102 cm³/mol. The van der Waals surface area contributed by atoms with Gasteiger partial charge in [-0.15, -0.1) is 10.2 Å². The molecule has 0 saturated carbocycles. The summed E-state index contributed by atoms with van der Waals surface area (Å²) in [6.45, 7) is 4.61. The number of halogens is 2. The van der Waals surface area contributed by atoms with E-state index in [2.05, 4.69) is 15.5 Å². The van der Waals surface area contributed by atoms with Crippen LogP contribution in [0.4, 0.5) is 14.5 Å². The van der Waals surface area contributed by atoms with Gasteiger partial charge in [0.05, 0.1) is 11.4 Å². The fourth-order valence-corrected chi connectivity index (χ4v) is 3.42. The van der Waals surface area contributed by atoms with Crippen LogP contribution in [0.2, 0.25) is 0 Å². The Bertz CT molecular complexity index is 974. The first-order valence-corrected chi connectivity index (χ1v) is 9.35. The smallest absolute Gasteiger partial charge is 0.234 e. The van der Waals surface area contributed by atoms with Crippen molar-refractivity contribution in [2.45, 2.75) is 25.5 Å². The highest BCUT2D eigenvalue weighted by Crippen LogP contribution is 2.26. The molecule has 0 atom stereocenters. The molecule has 3 aromatic rings. The van der Waals surface area contributed by atoms with Crippen molar-refractivity contribution in [1.29, 1.82) is 0 Å². The quantitative estimate of drug-likeness (QED) is 0.640. The van der Waals surface area contributed by atoms with Gasteiger partial charge in [0, 0.05) is 18.2 Å². The molecule has 0 spiro atoms. The fourth-order valence-electron chi connectivity index (χ4n) is 2.61. The van der Waals surface area contributed by atoms with Crippen molar-refractivity contribution < 1.29 is 13.6 Å². The molecule has 27 heavy (non-hydrogen) atoms. The third-order valence-electron chi connectivity index (χ3n) is 3.95. The van der Waals surface area contributed by atoms with Gasteiger partial charge in [-0.1, -0.05) is 36.0 Å². The zero-order chi connectivity index (χ0) is 19.4. The number of amides is 1. The average molecular weight is 388 g/mol. The van der Waals surface area contributed by atoms with Crippen LogP contribution in [0.25, 0.3) is 11.4 Å². The lowest BCUT2D eigenvalue weighted by molar-refractivity contribution is -0.113. The number of hydrogen-bond acceptors (Lipinski definition) is 4. The number of aryl methyl sites for hydroxylation is 1. The minimum atomic E-state index is -0.687. The van der Waals surface area contributed by atoms with E-state index in [0.717, 1.165) is 35.2 Å². The number of anilines is 1. The molecule has 0 fully saturated rings. The monoisotopic (exact) mass is 388 g/mol. The van der Waals surface area contributed by atoms with Gasteiger partial charge in [-0.25, -0.2) is 8.78 Å². The summed E-state index contributed by atoms with van der Waals surface area (Å²) < 4.78 is 28.7. The van der Waals surface area contributed by atoms with E-state index in [1.54, 1.807) is 0 Å². The van der Waals surface area contributed by atoms with Crippen LogP contribution >= 0.6 is 11.8 Å². The topological polar surface area (TPSA) is 59.8 Å². The van der Waals surface area contributed by atoms with Gasteiger partial charge in [-0.3, -0.25) is 4.79 Å². The fraction of sp³-hybridized carbons (Fsp3) is 0.211. The lowest BCUT2D eigenvalue weighted by Gasteiger charge is -2.09. The van der Waals surface area contributed by atoms with Crippen LogP contribution in [-0.2, 0) is 11.3 Å². The van der Waals surface area contributed by atoms with Crippen molar-refractivity contribution in [3.05, 3.63) is 59.7 Å². The normalized spacial score (nSPS) is 10.8. The van der Waals surface area contributed by atoms with Crippen LogP contribution < -0.4 is 5.32 Å². The molecule has 140 valence electrons. The number of nitrogens with one attached hydrogen (secondary N) is 1. The standard InChI is InChI=1S/C19H18F2N4OS/c1-3-25-18(14-7-5-4-6-12(14)2)23-24-19(25)27-11-17(26)22-16-10-13(20)8-9-15(16)21/h4-10H,3,11H2,1-2H3,(H,22,26). The largest absolute Gasteiger partial charge is 0.323 e. The van der Waals surface area contributed by atoms with Crippen molar-refractivity contribution in [1.82, 2.24) is 14.8 Å². The molecule has 1 heterocycles. The number of rotatable bonds is 6. The van der Waals surface area contributed by atoms with Gasteiger partial charge in [-0.2, -0.15) is 0 Å². The van der Waals surface area contributed by atoms with Crippen LogP contribution in [0.5, 0.6) is 0 Å². The van der Waals surface area contributed by atoms with Crippen LogP contribution in [-0.4, -0.2) is 26.4 Å². The minimum Gasteiger partial charge on any atom is -0.323 e. The summed E-state index contributed by atoms with van der Waals surface area (Å²) >= 11 is 1.19.